The Kier molecular flexibility index (Phi) is 3.79. The fraction of sp³-hybridized carbons (Fsp3) is 0.444. The van der Waals surface area contributed by atoms with Gasteiger partial charge < -0.3 is 5.32 Å². The third kappa shape index (κ3) is 2.71. The zero-order chi connectivity index (χ0) is 14.7. The van der Waals surface area contributed by atoms with E-state index in [-0.39, 0.29) is 0 Å². The molecule has 1 aromatic heterocycles. The summed E-state index contributed by atoms with van der Waals surface area (Å²) in [6.07, 6.45) is 6.48. The maximum Gasteiger partial charge on any atom is 0.128 e. The molecule has 0 unspecified atom stereocenters. The highest BCUT2D eigenvalue weighted by atomic mass is 15.0. The number of fused-ring (bicyclic) bond motifs is 1. The van der Waals surface area contributed by atoms with Crippen LogP contribution < -0.4 is 5.32 Å². The number of hydrogen-bond donors (Lipinski definition) is 1. The van der Waals surface area contributed by atoms with E-state index < -0.39 is 0 Å². The molecule has 1 aromatic carbocycles. The first kappa shape index (κ1) is 13.9. The molecule has 0 amide bonds. The molecule has 3 heteroatoms. The minimum Gasteiger partial charge on any atom is -0.369 e. The molecule has 3 nitrogen and oxygen atoms in total. The Bertz CT molecular complexity index is 678. The Morgan fingerprint density at radius 3 is 2.76 bits per heavy atom. The molecule has 2 aromatic rings. The summed E-state index contributed by atoms with van der Waals surface area (Å²) in [5, 5.41) is 13.7. The number of nitrogens with zero attached hydrogens (tertiary/aromatic N) is 2. The van der Waals surface area contributed by atoms with E-state index >= 15 is 0 Å². The van der Waals surface area contributed by atoms with Crippen LogP contribution in [0.25, 0.3) is 10.9 Å². The van der Waals surface area contributed by atoms with Crippen molar-refractivity contribution < 1.29 is 0 Å². The second-order valence-corrected chi connectivity index (χ2v) is 6.10. The predicted octanol–water partition coefficient (Wildman–Crippen LogP) is 4.49. The van der Waals surface area contributed by atoms with Gasteiger partial charge in [-0.05, 0) is 36.8 Å². The molecular formula is C18H21N3. The maximum absolute atomic E-state index is 9.33. The summed E-state index contributed by atoms with van der Waals surface area (Å²) in [6, 6.07) is 12.0. The molecule has 0 aliphatic heterocycles. The first-order valence-electron chi connectivity index (χ1n) is 7.80. The molecule has 1 N–H and O–H groups in total. The first-order chi connectivity index (χ1) is 10.3. The van der Waals surface area contributed by atoms with Gasteiger partial charge in [-0.1, -0.05) is 38.0 Å². The van der Waals surface area contributed by atoms with Crippen molar-refractivity contribution in [1.29, 1.82) is 5.26 Å². The van der Waals surface area contributed by atoms with Gasteiger partial charge in [0.2, 0.25) is 0 Å². The van der Waals surface area contributed by atoms with Crippen LogP contribution in [-0.4, -0.2) is 11.5 Å². The number of hydrogen-bond acceptors (Lipinski definition) is 3. The van der Waals surface area contributed by atoms with Crippen LogP contribution >= 0.6 is 0 Å². The van der Waals surface area contributed by atoms with Gasteiger partial charge in [-0.25, -0.2) is 4.98 Å². The molecule has 1 heterocycles. The van der Waals surface area contributed by atoms with Crippen molar-refractivity contribution >= 4 is 16.7 Å². The lowest BCUT2D eigenvalue weighted by atomic mass is 9.83. The second kappa shape index (κ2) is 5.73. The van der Waals surface area contributed by atoms with Crippen LogP contribution in [0.2, 0.25) is 0 Å². The number of rotatable bonds is 4. The second-order valence-electron chi connectivity index (χ2n) is 6.10. The average Bonchev–Trinajstić information content (AvgIpc) is 3.01. The van der Waals surface area contributed by atoms with E-state index in [1.807, 2.05) is 30.3 Å². The van der Waals surface area contributed by atoms with Crippen LogP contribution in [0.1, 0.15) is 44.6 Å². The standard InChI is InChI=1S/C18H21N3/c1-2-18(9-5-6-10-18)13-20-17-11-14(12-19)15-7-3-4-8-16(15)21-17/h3-4,7-8,11H,2,5-6,9-10,13H2,1H3,(H,20,21). The highest BCUT2D eigenvalue weighted by Gasteiger charge is 2.31. The Balaban J connectivity index is 1.86. The van der Waals surface area contributed by atoms with Crippen molar-refractivity contribution in [3.05, 3.63) is 35.9 Å². The van der Waals surface area contributed by atoms with E-state index in [0.717, 1.165) is 23.3 Å². The SMILES string of the molecule is CCC1(CNc2cc(C#N)c3ccccc3n2)CCCC1. The summed E-state index contributed by atoms with van der Waals surface area (Å²) in [7, 11) is 0. The molecule has 0 saturated heterocycles. The van der Waals surface area contributed by atoms with Gasteiger partial charge in [-0.3, -0.25) is 0 Å². The molecule has 0 radical (unpaired) electrons. The first-order valence-corrected chi connectivity index (χ1v) is 7.80. The molecule has 1 aliphatic rings. The van der Waals surface area contributed by atoms with Crippen molar-refractivity contribution in [2.75, 3.05) is 11.9 Å². The summed E-state index contributed by atoms with van der Waals surface area (Å²) in [5.74, 6) is 0.824. The Morgan fingerprint density at radius 2 is 2.05 bits per heavy atom. The zero-order valence-corrected chi connectivity index (χ0v) is 12.5. The van der Waals surface area contributed by atoms with Crippen LogP contribution in [0.4, 0.5) is 5.82 Å². The minimum atomic E-state index is 0.417. The van der Waals surface area contributed by atoms with Gasteiger partial charge in [-0.2, -0.15) is 5.26 Å². The number of aromatic nitrogens is 1. The molecule has 21 heavy (non-hydrogen) atoms. The van der Waals surface area contributed by atoms with Crippen LogP contribution in [0.15, 0.2) is 30.3 Å². The molecule has 1 saturated carbocycles. The Hall–Kier alpha value is -2.08. The number of benzene rings is 1. The predicted molar refractivity (Wildman–Crippen MR) is 86.1 cm³/mol. The smallest absolute Gasteiger partial charge is 0.128 e. The van der Waals surface area contributed by atoms with Crippen molar-refractivity contribution in [3.63, 3.8) is 0 Å². The zero-order valence-electron chi connectivity index (χ0n) is 12.5. The summed E-state index contributed by atoms with van der Waals surface area (Å²) >= 11 is 0. The quantitative estimate of drug-likeness (QED) is 0.897. The van der Waals surface area contributed by atoms with E-state index in [4.69, 9.17) is 0 Å². The third-order valence-electron chi connectivity index (χ3n) is 4.90. The van der Waals surface area contributed by atoms with Gasteiger partial charge >= 0.3 is 0 Å². The van der Waals surface area contributed by atoms with Gasteiger partial charge in [0.25, 0.3) is 0 Å². The highest BCUT2D eigenvalue weighted by Crippen LogP contribution is 2.40. The molecule has 0 atom stereocenters. The maximum atomic E-state index is 9.33. The molecule has 3 rings (SSSR count). The van der Waals surface area contributed by atoms with Crippen LogP contribution in [0.5, 0.6) is 0 Å². The van der Waals surface area contributed by atoms with Crippen LogP contribution in [-0.2, 0) is 0 Å². The molecule has 1 fully saturated rings. The van der Waals surface area contributed by atoms with E-state index in [1.165, 1.54) is 32.1 Å². The van der Waals surface area contributed by atoms with Crippen LogP contribution in [0, 0.1) is 16.7 Å². The number of nitriles is 1. The fourth-order valence-electron chi connectivity index (χ4n) is 3.42. The van der Waals surface area contributed by atoms with E-state index in [0.29, 0.717) is 11.0 Å². The molecular weight excluding hydrogens is 258 g/mol. The summed E-state index contributed by atoms with van der Waals surface area (Å²) in [5.41, 5.74) is 2.00. The van der Waals surface area contributed by atoms with Gasteiger partial charge in [-0.15, -0.1) is 0 Å². The number of para-hydroxylation sites is 1. The van der Waals surface area contributed by atoms with Gasteiger partial charge in [0.05, 0.1) is 17.1 Å². The summed E-state index contributed by atoms with van der Waals surface area (Å²) in [4.78, 5) is 4.65. The lowest BCUT2D eigenvalue weighted by Crippen LogP contribution is -2.26. The Morgan fingerprint density at radius 1 is 1.29 bits per heavy atom. The molecule has 0 spiro atoms. The molecule has 108 valence electrons. The van der Waals surface area contributed by atoms with E-state index in [2.05, 4.69) is 23.3 Å². The average molecular weight is 279 g/mol. The highest BCUT2D eigenvalue weighted by molar-refractivity contribution is 5.86. The number of nitrogens with one attached hydrogen (secondary N) is 1. The minimum absolute atomic E-state index is 0.417. The van der Waals surface area contributed by atoms with Gasteiger partial charge in [0.1, 0.15) is 5.82 Å². The largest absolute Gasteiger partial charge is 0.369 e. The molecule has 1 aliphatic carbocycles. The fourth-order valence-corrected chi connectivity index (χ4v) is 3.42. The lowest BCUT2D eigenvalue weighted by molar-refractivity contribution is 0.306. The van der Waals surface area contributed by atoms with E-state index in [1.54, 1.807) is 0 Å². The summed E-state index contributed by atoms with van der Waals surface area (Å²) in [6.45, 7) is 3.24. The lowest BCUT2D eigenvalue weighted by Gasteiger charge is -2.28. The monoisotopic (exact) mass is 279 g/mol. The van der Waals surface area contributed by atoms with Crippen molar-refractivity contribution in [2.24, 2.45) is 5.41 Å². The van der Waals surface area contributed by atoms with Gasteiger partial charge in [0, 0.05) is 11.9 Å². The normalized spacial score (nSPS) is 16.8. The van der Waals surface area contributed by atoms with Crippen molar-refractivity contribution in [2.45, 2.75) is 39.0 Å². The number of pyridine rings is 1. The van der Waals surface area contributed by atoms with Gasteiger partial charge in [0.15, 0.2) is 0 Å². The van der Waals surface area contributed by atoms with E-state index in [9.17, 15) is 5.26 Å². The van der Waals surface area contributed by atoms with Crippen LogP contribution in [0.3, 0.4) is 0 Å². The van der Waals surface area contributed by atoms with Crippen molar-refractivity contribution in [3.8, 4) is 6.07 Å². The molecule has 0 bridgehead atoms. The topological polar surface area (TPSA) is 48.7 Å². The summed E-state index contributed by atoms with van der Waals surface area (Å²) < 4.78 is 0. The van der Waals surface area contributed by atoms with Crippen molar-refractivity contribution in [1.82, 2.24) is 4.98 Å². The third-order valence-corrected chi connectivity index (χ3v) is 4.90. The Labute approximate surface area is 126 Å². The number of anilines is 1.